The third-order valence-corrected chi connectivity index (χ3v) is 4.54. The maximum absolute atomic E-state index is 13.3. The average Bonchev–Trinajstić information content (AvgIpc) is 2.72. The van der Waals surface area contributed by atoms with Crippen LogP contribution in [0.25, 0.3) is 22.0 Å². The SMILES string of the molecule is Cc1cc(C(=O)NCc2cccnc2)c2cccc(-c3ccc(F)cc3)c2n1. The number of carbonyl (C=O) groups excluding carboxylic acids is 1. The molecular formula is C23H18FN3O. The molecule has 2 heterocycles. The van der Waals surface area contributed by atoms with Gasteiger partial charge in [0.25, 0.3) is 5.91 Å². The highest BCUT2D eigenvalue weighted by Crippen LogP contribution is 2.29. The summed E-state index contributed by atoms with van der Waals surface area (Å²) in [6.07, 6.45) is 3.42. The van der Waals surface area contributed by atoms with Gasteiger partial charge < -0.3 is 5.32 Å². The predicted molar refractivity (Wildman–Crippen MR) is 107 cm³/mol. The van der Waals surface area contributed by atoms with Gasteiger partial charge in [-0.1, -0.05) is 36.4 Å². The molecule has 0 atom stereocenters. The van der Waals surface area contributed by atoms with Crippen LogP contribution in [0.4, 0.5) is 4.39 Å². The topological polar surface area (TPSA) is 54.9 Å². The van der Waals surface area contributed by atoms with Gasteiger partial charge in [0.15, 0.2) is 0 Å². The van der Waals surface area contributed by atoms with Crippen LogP contribution >= 0.6 is 0 Å². The number of rotatable bonds is 4. The van der Waals surface area contributed by atoms with Crippen LogP contribution in [-0.4, -0.2) is 15.9 Å². The van der Waals surface area contributed by atoms with Crippen LogP contribution in [0.2, 0.25) is 0 Å². The number of fused-ring (bicyclic) bond motifs is 1. The summed E-state index contributed by atoms with van der Waals surface area (Å²) in [7, 11) is 0. The Labute approximate surface area is 162 Å². The third-order valence-electron chi connectivity index (χ3n) is 4.54. The molecule has 0 fully saturated rings. The van der Waals surface area contributed by atoms with Crippen molar-refractivity contribution in [2.75, 3.05) is 0 Å². The smallest absolute Gasteiger partial charge is 0.252 e. The summed E-state index contributed by atoms with van der Waals surface area (Å²) in [6, 6.07) is 17.5. The van der Waals surface area contributed by atoms with Crippen LogP contribution in [0, 0.1) is 12.7 Å². The van der Waals surface area contributed by atoms with Crippen LogP contribution in [0.3, 0.4) is 0 Å². The molecule has 28 heavy (non-hydrogen) atoms. The Morgan fingerprint density at radius 1 is 1.07 bits per heavy atom. The number of pyridine rings is 2. The van der Waals surface area contributed by atoms with Gasteiger partial charge in [-0.05, 0) is 42.3 Å². The first-order chi connectivity index (χ1) is 13.6. The number of hydrogen-bond acceptors (Lipinski definition) is 3. The van der Waals surface area contributed by atoms with E-state index in [0.29, 0.717) is 12.1 Å². The fraction of sp³-hybridized carbons (Fsp3) is 0.0870. The molecule has 0 aliphatic heterocycles. The molecule has 138 valence electrons. The number of para-hydroxylation sites is 1. The third kappa shape index (κ3) is 3.60. The van der Waals surface area contributed by atoms with E-state index in [1.807, 2.05) is 37.3 Å². The number of aromatic nitrogens is 2. The lowest BCUT2D eigenvalue weighted by atomic mass is 9.98. The molecule has 0 aliphatic rings. The van der Waals surface area contributed by atoms with Crippen molar-refractivity contribution in [3.05, 3.63) is 95.7 Å². The van der Waals surface area contributed by atoms with Crippen LogP contribution in [0.1, 0.15) is 21.6 Å². The maximum atomic E-state index is 13.3. The Bertz CT molecular complexity index is 1140. The standard InChI is InChI=1S/C23H18FN3O/c1-15-12-21(23(28)26-14-16-4-3-11-25-13-16)20-6-2-5-19(22(20)27-15)17-7-9-18(24)10-8-17/h2-13H,14H2,1H3,(H,26,28). The number of nitrogens with one attached hydrogen (secondary N) is 1. The Kier molecular flexibility index (Phi) is 4.81. The van der Waals surface area contributed by atoms with E-state index in [-0.39, 0.29) is 11.7 Å². The molecule has 5 heteroatoms. The molecule has 4 aromatic rings. The van der Waals surface area contributed by atoms with Gasteiger partial charge >= 0.3 is 0 Å². The molecule has 0 aliphatic carbocycles. The van der Waals surface area contributed by atoms with Crippen LogP contribution in [0.15, 0.2) is 73.1 Å². The van der Waals surface area contributed by atoms with Gasteiger partial charge in [-0.15, -0.1) is 0 Å². The lowest BCUT2D eigenvalue weighted by Crippen LogP contribution is -2.23. The second-order valence-electron chi connectivity index (χ2n) is 6.56. The minimum atomic E-state index is -0.288. The Morgan fingerprint density at radius 2 is 1.89 bits per heavy atom. The number of hydrogen-bond donors (Lipinski definition) is 1. The number of amides is 1. The molecule has 0 saturated heterocycles. The highest BCUT2D eigenvalue weighted by Gasteiger charge is 2.15. The van der Waals surface area contributed by atoms with E-state index in [1.165, 1.54) is 12.1 Å². The molecule has 0 spiro atoms. The summed E-state index contributed by atoms with van der Waals surface area (Å²) in [5.41, 5.74) is 4.68. The van der Waals surface area contributed by atoms with Crippen molar-refractivity contribution in [1.29, 1.82) is 0 Å². The van der Waals surface area contributed by atoms with E-state index < -0.39 is 0 Å². The molecule has 1 N–H and O–H groups in total. The van der Waals surface area contributed by atoms with Crippen LogP contribution < -0.4 is 5.32 Å². The molecule has 0 bridgehead atoms. The lowest BCUT2D eigenvalue weighted by molar-refractivity contribution is 0.0952. The van der Waals surface area contributed by atoms with Gasteiger partial charge in [0.05, 0.1) is 11.1 Å². The molecule has 4 nitrogen and oxygen atoms in total. The molecule has 4 rings (SSSR count). The van der Waals surface area contributed by atoms with Gasteiger partial charge in [0, 0.05) is 35.6 Å². The Balaban J connectivity index is 1.74. The number of carbonyl (C=O) groups is 1. The second kappa shape index (κ2) is 7.56. The van der Waals surface area contributed by atoms with Crippen molar-refractivity contribution >= 4 is 16.8 Å². The van der Waals surface area contributed by atoms with Crippen molar-refractivity contribution in [3.63, 3.8) is 0 Å². The minimum Gasteiger partial charge on any atom is -0.348 e. The molecule has 2 aromatic carbocycles. The van der Waals surface area contributed by atoms with E-state index in [2.05, 4.69) is 15.3 Å². The Hall–Kier alpha value is -3.60. The number of aryl methyl sites for hydroxylation is 1. The first-order valence-corrected chi connectivity index (χ1v) is 8.95. The normalized spacial score (nSPS) is 10.8. The minimum absolute atomic E-state index is 0.171. The number of halogens is 1. The molecule has 1 amide bonds. The molecule has 2 aromatic heterocycles. The van der Waals surface area contributed by atoms with Crippen molar-refractivity contribution in [2.45, 2.75) is 13.5 Å². The monoisotopic (exact) mass is 371 g/mol. The first-order valence-electron chi connectivity index (χ1n) is 8.95. The zero-order chi connectivity index (χ0) is 19.5. The van der Waals surface area contributed by atoms with E-state index >= 15 is 0 Å². The highest BCUT2D eigenvalue weighted by molar-refractivity contribution is 6.09. The summed E-state index contributed by atoms with van der Waals surface area (Å²) < 4.78 is 13.3. The van der Waals surface area contributed by atoms with Crippen LogP contribution in [0.5, 0.6) is 0 Å². The zero-order valence-electron chi connectivity index (χ0n) is 15.3. The number of nitrogens with zero attached hydrogens (tertiary/aromatic N) is 2. The average molecular weight is 371 g/mol. The van der Waals surface area contributed by atoms with Crippen LogP contribution in [-0.2, 0) is 6.54 Å². The summed E-state index contributed by atoms with van der Waals surface area (Å²) in [6.45, 7) is 2.26. The Morgan fingerprint density at radius 3 is 2.64 bits per heavy atom. The lowest BCUT2D eigenvalue weighted by Gasteiger charge is -2.12. The van der Waals surface area contributed by atoms with E-state index in [1.54, 1.807) is 30.6 Å². The van der Waals surface area contributed by atoms with E-state index in [9.17, 15) is 9.18 Å². The zero-order valence-corrected chi connectivity index (χ0v) is 15.3. The van der Waals surface area contributed by atoms with E-state index in [0.717, 1.165) is 33.3 Å². The molecular weight excluding hydrogens is 353 g/mol. The van der Waals surface area contributed by atoms with Crippen molar-refractivity contribution in [2.24, 2.45) is 0 Å². The predicted octanol–water partition coefficient (Wildman–Crippen LogP) is 4.67. The van der Waals surface area contributed by atoms with Crippen molar-refractivity contribution in [3.8, 4) is 11.1 Å². The van der Waals surface area contributed by atoms with Gasteiger partial charge in [-0.2, -0.15) is 0 Å². The quantitative estimate of drug-likeness (QED) is 0.567. The van der Waals surface area contributed by atoms with Gasteiger partial charge in [-0.3, -0.25) is 14.8 Å². The summed E-state index contributed by atoms with van der Waals surface area (Å²) >= 11 is 0. The fourth-order valence-electron chi connectivity index (χ4n) is 3.21. The van der Waals surface area contributed by atoms with Crippen molar-refractivity contribution in [1.82, 2.24) is 15.3 Å². The largest absolute Gasteiger partial charge is 0.348 e. The fourth-order valence-corrected chi connectivity index (χ4v) is 3.21. The van der Waals surface area contributed by atoms with E-state index in [4.69, 9.17) is 0 Å². The maximum Gasteiger partial charge on any atom is 0.252 e. The highest BCUT2D eigenvalue weighted by atomic mass is 19.1. The van der Waals surface area contributed by atoms with Gasteiger partial charge in [0.1, 0.15) is 5.82 Å². The molecule has 0 saturated carbocycles. The number of benzene rings is 2. The van der Waals surface area contributed by atoms with Gasteiger partial charge in [-0.25, -0.2) is 4.39 Å². The molecule has 0 unspecified atom stereocenters. The second-order valence-corrected chi connectivity index (χ2v) is 6.56. The summed E-state index contributed by atoms with van der Waals surface area (Å²) in [4.78, 5) is 21.6. The van der Waals surface area contributed by atoms with Gasteiger partial charge in [0.2, 0.25) is 0 Å². The van der Waals surface area contributed by atoms with Crippen molar-refractivity contribution < 1.29 is 9.18 Å². The molecule has 0 radical (unpaired) electrons. The summed E-state index contributed by atoms with van der Waals surface area (Å²) in [5.74, 6) is -0.459. The summed E-state index contributed by atoms with van der Waals surface area (Å²) in [5, 5.41) is 3.71. The first kappa shape index (κ1) is 17.8.